The summed E-state index contributed by atoms with van der Waals surface area (Å²) < 4.78 is 9.53. The standard InChI is InChI=1S/C6H15N.C5H12O3/c1-4-7(5-2)6-3;1-7-4-5-8-3-2-6/h4-6H2,1-3H3;6H,2-5H2,1H3. The Hall–Kier alpha value is -0.160. The molecule has 0 aliphatic heterocycles. The number of hydrogen-bond acceptors (Lipinski definition) is 4. The number of nitrogens with zero attached hydrogens (tertiary/aromatic N) is 1. The first kappa shape index (κ1) is 17.2. The molecule has 0 aromatic carbocycles. The minimum absolute atomic E-state index is 0.0870. The number of hydrogen-bond donors (Lipinski definition) is 1. The van der Waals surface area contributed by atoms with Crippen molar-refractivity contribution in [1.29, 1.82) is 0 Å². The maximum atomic E-state index is 8.20. The summed E-state index contributed by atoms with van der Waals surface area (Å²) >= 11 is 0. The zero-order valence-corrected chi connectivity index (χ0v) is 10.7. The minimum Gasteiger partial charge on any atom is -0.394 e. The molecule has 0 atom stereocenters. The van der Waals surface area contributed by atoms with Crippen LogP contribution in [0.4, 0.5) is 0 Å². The summed E-state index contributed by atoms with van der Waals surface area (Å²) in [5.41, 5.74) is 0. The Morgan fingerprint density at radius 2 is 1.47 bits per heavy atom. The Morgan fingerprint density at radius 3 is 1.73 bits per heavy atom. The van der Waals surface area contributed by atoms with Crippen LogP contribution in [0.15, 0.2) is 0 Å². The van der Waals surface area contributed by atoms with Gasteiger partial charge < -0.3 is 19.5 Å². The van der Waals surface area contributed by atoms with E-state index in [9.17, 15) is 0 Å². The number of methoxy groups -OCH3 is 1. The van der Waals surface area contributed by atoms with Gasteiger partial charge in [0.05, 0.1) is 26.4 Å². The summed E-state index contributed by atoms with van der Waals surface area (Å²) in [6.45, 7) is 11.8. The zero-order valence-electron chi connectivity index (χ0n) is 10.7. The first-order valence-corrected chi connectivity index (χ1v) is 5.66. The van der Waals surface area contributed by atoms with E-state index in [0.717, 1.165) is 0 Å². The number of aliphatic hydroxyl groups is 1. The third-order valence-electron chi connectivity index (χ3n) is 2.01. The highest BCUT2D eigenvalue weighted by molar-refractivity contribution is 4.43. The fourth-order valence-corrected chi connectivity index (χ4v) is 0.980. The van der Waals surface area contributed by atoms with Crippen molar-refractivity contribution < 1.29 is 14.6 Å². The molecular formula is C11H27NO3. The maximum Gasteiger partial charge on any atom is 0.0701 e. The normalized spacial score (nSPS) is 10.0. The predicted molar refractivity (Wildman–Crippen MR) is 63.2 cm³/mol. The van der Waals surface area contributed by atoms with Crippen molar-refractivity contribution in [2.75, 3.05) is 53.2 Å². The molecule has 0 aliphatic carbocycles. The highest BCUT2D eigenvalue weighted by Gasteiger charge is 1.89. The first-order chi connectivity index (χ1) is 7.26. The van der Waals surface area contributed by atoms with Crippen molar-refractivity contribution in [3.63, 3.8) is 0 Å². The quantitative estimate of drug-likeness (QED) is 0.621. The first-order valence-electron chi connectivity index (χ1n) is 5.66. The molecule has 0 aromatic rings. The molecule has 0 saturated carbocycles. The maximum absolute atomic E-state index is 8.20. The topological polar surface area (TPSA) is 41.9 Å². The Morgan fingerprint density at radius 1 is 0.933 bits per heavy atom. The molecule has 0 fully saturated rings. The molecule has 0 unspecified atom stereocenters. The second kappa shape index (κ2) is 16.3. The van der Waals surface area contributed by atoms with Gasteiger partial charge in [0.2, 0.25) is 0 Å². The molecule has 94 valence electrons. The van der Waals surface area contributed by atoms with Crippen LogP contribution in [-0.4, -0.2) is 63.2 Å². The average Bonchev–Trinajstić information content (AvgIpc) is 2.28. The van der Waals surface area contributed by atoms with Crippen LogP contribution >= 0.6 is 0 Å². The number of aliphatic hydroxyl groups excluding tert-OH is 1. The van der Waals surface area contributed by atoms with E-state index < -0.39 is 0 Å². The van der Waals surface area contributed by atoms with Crippen LogP contribution in [0.2, 0.25) is 0 Å². The molecule has 15 heavy (non-hydrogen) atoms. The number of rotatable bonds is 8. The summed E-state index contributed by atoms with van der Waals surface area (Å²) in [5.74, 6) is 0. The summed E-state index contributed by atoms with van der Waals surface area (Å²) in [6.07, 6.45) is 0. The lowest BCUT2D eigenvalue weighted by Crippen LogP contribution is -2.21. The molecule has 0 spiro atoms. The Bertz CT molecular complexity index is 86.3. The smallest absolute Gasteiger partial charge is 0.0701 e. The van der Waals surface area contributed by atoms with Gasteiger partial charge in [-0.25, -0.2) is 0 Å². The highest BCUT2D eigenvalue weighted by atomic mass is 16.5. The molecule has 0 radical (unpaired) electrons. The summed E-state index contributed by atoms with van der Waals surface area (Å²) in [5, 5.41) is 8.20. The predicted octanol–water partition coefficient (Wildman–Crippen LogP) is 0.990. The van der Waals surface area contributed by atoms with Crippen LogP contribution in [0.1, 0.15) is 20.8 Å². The molecule has 0 aliphatic rings. The Kier molecular flexibility index (Phi) is 18.7. The highest BCUT2D eigenvalue weighted by Crippen LogP contribution is 1.81. The van der Waals surface area contributed by atoms with E-state index in [0.29, 0.717) is 19.8 Å². The Labute approximate surface area is 94.2 Å². The average molecular weight is 221 g/mol. The lowest BCUT2D eigenvalue weighted by atomic mass is 10.5. The molecule has 0 heterocycles. The van der Waals surface area contributed by atoms with Gasteiger partial charge in [0.1, 0.15) is 0 Å². The molecule has 1 N–H and O–H groups in total. The lowest BCUT2D eigenvalue weighted by Gasteiger charge is -2.13. The van der Waals surface area contributed by atoms with Crippen LogP contribution in [0.3, 0.4) is 0 Å². The van der Waals surface area contributed by atoms with Crippen molar-refractivity contribution >= 4 is 0 Å². The van der Waals surface area contributed by atoms with Crippen LogP contribution in [0, 0.1) is 0 Å². The summed E-state index contributed by atoms with van der Waals surface area (Å²) in [7, 11) is 1.61. The van der Waals surface area contributed by atoms with E-state index in [1.54, 1.807) is 7.11 Å². The lowest BCUT2D eigenvalue weighted by molar-refractivity contribution is 0.0500. The minimum atomic E-state index is 0.0870. The van der Waals surface area contributed by atoms with Gasteiger partial charge in [0.25, 0.3) is 0 Å². The van der Waals surface area contributed by atoms with E-state index in [1.807, 2.05) is 0 Å². The monoisotopic (exact) mass is 221 g/mol. The molecule has 0 saturated heterocycles. The number of ether oxygens (including phenoxy) is 2. The Balaban J connectivity index is 0. The van der Waals surface area contributed by atoms with Crippen molar-refractivity contribution in [3.05, 3.63) is 0 Å². The third-order valence-corrected chi connectivity index (χ3v) is 2.01. The SMILES string of the molecule is CCN(CC)CC.COCCOCCO. The second-order valence-electron chi connectivity index (χ2n) is 2.95. The van der Waals surface area contributed by atoms with Crippen molar-refractivity contribution in [2.45, 2.75) is 20.8 Å². The molecule has 0 bridgehead atoms. The van der Waals surface area contributed by atoms with Gasteiger partial charge >= 0.3 is 0 Å². The van der Waals surface area contributed by atoms with E-state index in [2.05, 4.69) is 30.4 Å². The van der Waals surface area contributed by atoms with Crippen molar-refractivity contribution in [3.8, 4) is 0 Å². The van der Waals surface area contributed by atoms with Gasteiger partial charge in [-0.2, -0.15) is 0 Å². The molecule has 4 nitrogen and oxygen atoms in total. The molecule has 0 amide bonds. The van der Waals surface area contributed by atoms with E-state index in [-0.39, 0.29) is 6.61 Å². The van der Waals surface area contributed by atoms with E-state index in [4.69, 9.17) is 9.84 Å². The zero-order chi connectivity index (χ0) is 11.9. The fourth-order valence-electron chi connectivity index (χ4n) is 0.980. The van der Waals surface area contributed by atoms with Crippen molar-refractivity contribution in [2.24, 2.45) is 0 Å². The van der Waals surface area contributed by atoms with Gasteiger partial charge in [-0.05, 0) is 19.6 Å². The van der Waals surface area contributed by atoms with Crippen LogP contribution in [0.25, 0.3) is 0 Å². The fraction of sp³-hybridized carbons (Fsp3) is 1.00. The molecular weight excluding hydrogens is 194 g/mol. The summed E-state index contributed by atoms with van der Waals surface area (Å²) in [6, 6.07) is 0. The van der Waals surface area contributed by atoms with Crippen molar-refractivity contribution in [1.82, 2.24) is 4.90 Å². The van der Waals surface area contributed by atoms with Gasteiger partial charge in [-0.1, -0.05) is 20.8 Å². The van der Waals surface area contributed by atoms with Crippen LogP contribution < -0.4 is 0 Å². The van der Waals surface area contributed by atoms with Gasteiger partial charge in [-0.15, -0.1) is 0 Å². The largest absolute Gasteiger partial charge is 0.394 e. The van der Waals surface area contributed by atoms with E-state index in [1.165, 1.54) is 19.6 Å². The second-order valence-corrected chi connectivity index (χ2v) is 2.95. The van der Waals surface area contributed by atoms with Gasteiger partial charge in [0.15, 0.2) is 0 Å². The molecule has 0 rings (SSSR count). The van der Waals surface area contributed by atoms with Gasteiger partial charge in [0, 0.05) is 7.11 Å². The van der Waals surface area contributed by atoms with E-state index >= 15 is 0 Å². The third kappa shape index (κ3) is 16.5. The molecule has 4 heteroatoms. The molecule has 0 aromatic heterocycles. The summed E-state index contributed by atoms with van der Waals surface area (Å²) in [4.78, 5) is 2.38. The van der Waals surface area contributed by atoms with Crippen LogP contribution in [0.5, 0.6) is 0 Å². The van der Waals surface area contributed by atoms with Gasteiger partial charge in [-0.3, -0.25) is 0 Å². The van der Waals surface area contributed by atoms with Crippen LogP contribution in [-0.2, 0) is 9.47 Å².